The Labute approximate surface area is 269 Å². The lowest BCUT2D eigenvalue weighted by Crippen LogP contribution is -2.12. The molecule has 2 aromatic heterocycles. The van der Waals surface area contributed by atoms with Crippen molar-refractivity contribution < 1.29 is 26.3 Å². The molecule has 0 radical (unpaired) electrons. The smallest absolute Gasteiger partial charge is 0.308 e. The largest absolute Gasteiger partial charge is 0.416 e. The molecule has 0 atom stereocenters. The quantitative estimate of drug-likeness (QED) is 0.176. The second-order valence-electron chi connectivity index (χ2n) is 11.5. The molecule has 0 aliphatic rings. The molecular formula is C39H21F6N3. The van der Waals surface area contributed by atoms with Crippen LogP contribution in [0.25, 0.3) is 66.1 Å². The Balaban J connectivity index is 1.63. The summed E-state index contributed by atoms with van der Waals surface area (Å²) in [6, 6.07) is 36.5. The zero-order chi connectivity index (χ0) is 33.4. The molecule has 0 amide bonds. The van der Waals surface area contributed by atoms with Crippen LogP contribution in [0.5, 0.6) is 0 Å². The summed E-state index contributed by atoms with van der Waals surface area (Å²) in [6.07, 6.45) is -10.1. The van der Waals surface area contributed by atoms with Crippen LogP contribution in [-0.4, -0.2) is 9.13 Å². The van der Waals surface area contributed by atoms with E-state index in [9.17, 15) is 31.6 Å². The highest BCUT2D eigenvalue weighted by Gasteiger charge is 2.38. The van der Waals surface area contributed by atoms with Gasteiger partial charge in [0.2, 0.25) is 0 Å². The maximum Gasteiger partial charge on any atom is 0.416 e. The zero-order valence-electron chi connectivity index (χ0n) is 24.7. The van der Waals surface area contributed by atoms with Gasteiger partial charge in [0.25, 0.3) is 0 Å². The van der Waals surface area contributed by atoms with Crippen LogP contribution in [-0.2, 0) is 12.4 Å². The predicted molar refractivity (Wildman–Crippen MR) is 175 cm³/mol. The van der Waals surface area contributed by atoms with Gasteiger partial charge in [-0.15, -0.1) is 0 Å². The van der Waals surface area contributed by atoms with Gasteiger partial charge in [-0.3, -0.25) is 0 Å². The van der Waals surface area contributed by atoms with E-state index in [0.717, 1.165) is 33.7 Å². The zero-order valence-corrected chi connectivity index (χ0v) is 24.7. The molecule has 0 saturated carbocycles. The minimum atomic E-state index is -5.07. The van der Waals surface area contributed by atoms with Gasteiger partial charge >= 0.3 is 12.4 Å². The van der Waals surface area contributed by atoms with Gasteiger partial charge in [0.15, 0.2) is 0 Å². The van der Waals surface area contributed by atoms with Crippen LogP contribution in [0.2, 0.25) is 0 Å². The second-order valence-corrected chi connectivity index (χ2v) is 11.5. The van der Waals surface area contributed by atoms with Gasteiger partial charge in [-0.1, -0.05) is 72.8 Å². The molecule has 0 saturated heterocycles. The predicted octanol–water partition coefficient (Wildman–Crippen LogP) is 11.5. The average Bonchev–Trinajstić information content (AvgIpc) is 3.60. The van der Waals surface area contributed by atoms with Crippen LogP contribution >= 0.6 is 0 Å². The highest BCUT2D eigenvalue weighted by atomic mass is 19.4. The van der Waals surface area contributed by atoms with Crippen molar-refractivity contribution in [2.75, 3.05) is 0 Å². The van der Waals surface area contributed by atoms with Crippen LogP contribution in [0.1, 0.15) is 16.7 Å². The van der Waals surface area contributed by atoms with E-state index in [2.05, 4.69) is 6.07 Å². The molecule has 9 heteroatoms. The van der Waals surface area contributed by atoms with E-state index in [4.69, 9.17) is 0 Å². The summed E-state index contributed by atoms with van der Waals surface area (Å²) in [5.41, 5.74) is 0.326. The highest BCUT2D eigenvalue weighted by Crippen LogP contribution is 2.45. The molecule has 6 aromatic carbocycles. The lowest BCUT2D eigenvalue weighted by atomic mass is 9.94. The number of alkyl halides is 6. The Bertz CT molecular complexity index is 2340. The standard InChI is InChI=1S/C39H21F6N3/c40-38(41,42)25-19-24(20-26(21-25)39(43,44)45)37-35(47-31-13-5-1-9-27(31)28-10-2-6-14-32(28)47)17-23(22-46)18-36(37)48-33-15-7-3-11-29(33)30-12-4-8-16-34(30)48/h1-21H. The summed E-state index contributed by atoms with van der Waals surface area (Å²) in [4.78, 5) is 0. The molecule has 0 aliphatic heterocycles. The van der Waals surface area contributed by atoms with Gasteiger partial charge in [-0.05, 0) is 60.2 Å². The summed E-state index contributed by atoms with van der Waals surface area (Å²) in [5, 5.41) is 13.7. The minimum Gasteiger partial charge on any atom is -0.308 e. The van der Waals surface area contributed by atoms with Crippen molar-refractivity contribution in [2.24, 2.45) is 0 Å². The molecule has 3 nitrogen and oxygen atoms in total. The first-order valence-corrected chi connectivity index (χ1v) is 14.9. The number of hydrogen-bond donors (Lipinski definition) is 0. The van der Waals surface area contributed by atoms with Crippen molar-refractivity contribution >= 4 is 43.6 Å². The molecule has 2 heterocycles. The number of hydrogen-bond acceptors (Lipinski definition) is 1. The fourth-order valence-electron chi connectivity index (χ4n) is 6.79. The van der Waals surface area contributed by atoms with Crippen LogP contribution in [0, 0.1) is 11.3 Å². The molecule has 0 aliphatic carbocycles. The molecule has 0 N–H and O–H groups in total. The van der Waals surface area contributed by atoms with E-state index >= 15 is 0 Å². The molecule has 234 valence electrons. The summed E-state index contributed by atoms with van der Waals surface area (Å²) in [5.74, 6) is 0. The van der Waals surface area contributed by atoms with Crippen molar-refractivity contribution in [2.45, 2.75) is 12.4 Å². The van der Waals surface area contributed by atoms with E-state index in [-0.39, 0.29) is 34.1 Å². The summed E-state index contributed by atoms with van der Waals surface area (Å²) in [7, 11) is 0. The summed E-state index contributed by atoms with van der Waals surface area (Å²) < 4.78 is 89.6. The minimum absolute atomic E-state index is 0.101. The summed E-state index contributed by atoms with van der Waals surface area (Å²) in [6.45, 7) is 0. The Morgan fingerprint density at radius 3 is 1.10 bits per heavy atom. The van der Waals surface area contributed by atoms with Crippen LogP contribution in [0.15, 0.2) is 127 Å². The van der Waals surface area contributed by atoms with Gasteiger partial charge in [-0.25, -0.2) is 0 Å². The monoisotopic (exact) mass is 645 g/mol. The first-order valence-electron chi connectivity index (χ1n) is 14.9. The molecule has 0 unspecified atom stereocenters. The van der Waals surface area contributed by atoms with Gasteiger partial charge in [-0.2, -0.15) is 31.6 Å². The van der Waals surface area contributed by atoms with Crippen LogP contribution < -0.4 is 0 Å². The Kier molecular flexibility index (Phi) is 6.43. The molecule has 0 spiro atoms. The number of fused-ring (bicyclic) bond motifs is 6. The van der Waals surface area contributed by atoms with Crippen molar-refractivity contribution in [3.63, 3.8) is 0 Å². The highest BCUT2D eigenvalue weighted by molar-refractivity contribution is 6.12. The number of nitrogens with zero attached hydrogens (tertiary/aromatic N) is 3. The van der Waals surface area contributed by atoms with Crippen molar-refractivity contribution in [3.05, 3.63) is 144 Å². The SMILES string of the molecule is N#Cc1cc(-n2c3ccccc3c3ccccc32)c(-c2cc(C(F)(F)F)cc(C(F)(F)F)c2)c(-n2c3ccccc3c3ccccc32)c1. The Morgan fingerprint density at radius 2 is 0.792 bits per heavy atom. The molecule has 0 bridgehead atoms. The molecule has 48 heavy (non-hydrogen) atoms. The number of rotatable bonds is 3. The molecular weight excluding hydrogens is 624 g/mol. The van der Waals surface area contributed by atoms with Crippen LogP contribution in [0.4, 0.5) is 26.3 Å². The summed E-state index contributed by atoms with van der Waals surface area (Å²) >= 11 is 0. The van der Waals surface area contributed by atoms with Gasteiger partial charge in [0, 0.05) is 27.1 Å². The van der Waals surface area contributed by atoms with E-state index in [1.54, 1.807) is 0 Å². The number of halogens is 6. The van der Waals surface area contributed by atoms with Crippen molar-refractivity contribution in [1.29, 1.82) is 5.26 Å². The molecule has 8 aromatic rings. The number of benzene rings is 6. The van der Waals surface area contributed by atoms with Gasteiger partial charge in [0.1, 0.15) is 0 Å². The first-order chi connectivity index (χ1) is 23.0. The number of aromatic nitrogens is 2. The van der Waals surface area contributed by atoms with Crippen molar-refractivity contribution in [3.8, 4) is 28.6 Å². The van der Waals surface area contributed by atoms with E-state index in [1.807, 2.05) is 106 Å². The normalized spacial score (nSPS) is 12.4. The maximum absolute atomic E-state index is 14.3. The van der Waals surface area contributed by atoms with Crippen LogP contribution in [0.3, 0.4) is 0 Å². The second kappa shape index (κ2) is 10.5. The first kappa shape index (κ1) is 29.4. The Hall–Kier alpha value is -6.01. The Morgan fingerprint density at radius 1 is 0.458 bits per heavy atom. The van der Waals surface area contributed by atoms with E-state index in [1.165, 1.54) is 12.1 Å². The topological polar surface area (TPSA) is 33.6 Å². The lowest BCUT2D eigenvalue weighted by Gasteiger charge is -2.22. The number of para-hydroxylation sites is 4. The lowest BCUT2D eigenvalue weighted by molar-refractivity contribution is -0.143. The number of nitriles is 1. The fraction of sp³-hybridized carbons (Fsp3) is 0.0513. The van der Waals surface area contributed by atoms with Gasteiger partial charge in [0.05, 0.1) is 56.2 Å². The fourth-order valence-corrected chi connectivity index (χ4v) is 6.79. The third-order valence-corrected chi connectivity index (χ3v) is 8.74. The van der Waals surface area contributed by atoms with E-state index < -0.39 is 23.5 Å². The maximum atomic E-state index is 14.3. The van der Waals surface area contributed by atoms with Gasteiger partial charge < -0.3 is 9.13 Å². The third-order valence-electron chi connectivity index (χ3n) is 8.74. The average molecular weight is 646 g/mol. The van der Waals surface area contributed by atoms with E-state index in [0.29, 0.717) is 22.1 Å². The van der Waals surface area contributed by atoms with Crippen molar-refractivity contribution in [1.82, 2.24) is 9.13 Å². The molecule has 8 rings (SSSR count). The third kappa shape index (κ3) is 4.52. The molecule has 0 fully saturated rings.